The van der Waals surface area contributed by atoms with Crippen LogP contribution in [-0.2, 0) is 20.7 Å². The molecule has 0 bridgehead atoms. The van der Waals surface area contributed by atoms with Gasteiger partial charge in [0.05, 0.1) is 18.6 Å². The maximum Gasteiger partial charge on any atom is 0.236 e. The van der Waals surface area contributed by atoms with Crippen LogP contribution in [0.4, 0.5) is 0 Å². The molecule has 2 aliphatic heterocycles. The third-order valence-electron chi connectivity index (χ3n) is 7.51. The summed E-state index contributed by atoms with van der Waals surface area (Å²) in [5.74, 6) is 0.604. The molecule has 6 heteroatoms. The summed E-state index contributed by atoms with van der Waals surface area (Å²) in [6, 6.07) is 10.5. The zero-order chi connectivity index (χ0) is 20.5. The van der Waals surface area contributed by atoms with Gasteiger partial charge in [-0.1, -0.05) is 36.8 Å². The number of hydrogen-bond donors (Lipinski definition) is 1. The molecule has 29 heavy (non-hydrogen) atoms. The second-order valence-corrected chi connectivity index (χ2v) is 9.28. The summed E-state index contributed by atoms with van der Waals surface area (Å²) in [5.41, 5.74) is 6.59. The first kappa shape index (κ1) is 20.4. The molecule has 3 aliphatic rings. The molecular formula is C23H33N3O3. The third-order valence-corrected chi connectivity index (χ3v) is 7.51. The van der Waals surface area contributed by atoms with Gasteiger partial charge in [0.15, 0.2) is 0 Å². The Morgan fingerprint density at radius 2 is 1.83 bits per heavy atom. The van der Waals surface area contributed by atoms with Crippen molar-refractivity contribution in [3.05, 3.63) is 35.9 Å². The highest BCUT2D eigenvalue weighted by atomic mass is 16.5. The van der Waals surface area contributed by atoms with Crippen LogP contribution in [0.25, 0.3) is 0 Å². The number of fused-ring (bicyclic) bond motifs is 1. The number of aryl methyl sites for hydroxylation is 1. The van der Waals surface area contributed by atoms with E-state index in [0.29, 0.717) is 25.6 Å². The van der Waals surface area contributed by atoms with Gasteiger partial charge in [-0.05, 0) is 31.2 Å². The van der Waals surface area contributed by atoms with E-state index in [1.165, 1.54) is 5.56 Å². The van der Waals surface area contributed by atoms with Crippen molar-refractivity contribution >= 4 is 11.8 Å². The van der Waals surface area contributed by atoms with E-state index >= 15 is 0 Å². The van der Waals surface area contributed by atoms with Crippen LogP contribution < -0.4 is 5.73 Å². The molecule has 0 aromatic heterocycles. The van der Waals surface area contributed by atoms with Gasteiger partial charge in [-0.3, -0.25) is 9.59 Å². The fourth-order valence-corrected chi connectivity index (χ4v) is 5.68. The van der Waals surface area contributed by atoms with Crippen LogP contribution >= 0.6 is 0 Å². The van der Waals surface area contributed by atoms with Crippen LogP contribution in [0.2, 0.25) is 0 Å². The van der Waals surface area contributed by atoms with Gasteiger partial charge in [0.2, 0.25) is 11.8 Å². The van der Waals surface area contributed by atoms with Crippen molar-refractivity contribution < 1.29 is 14.3 Å². The van der Waals surface area contributed by atoms with E-state index in [4.69, 9.17) is 10.5 Å². The summed E-state index contributed by atoms with van der Waals surface area (Å²) >= 11 is 0. The summed E-state index contributed by atoms with van der Waals surface area (Å²) in [6.07, 6.45) is 4.90. The van der Waals surface area contributed by atoms with Crippen molar-refractivity contribution in [1.82, 2.24) is 9.80 Å². The van der Waals surface area contributed by atoms with Crippen molar-refractivity contribution in [3.63, 3.8) is 0 Å². The number of methoxy groups -OCH3 is 1. The number of carbonyl (C=O) groups excluding carboxylic acids is 2. The number of hydrogen-bond acceptors (Lipinski definition) is 4. The second kappa shape index (κ2) is 8.07. The van der Waals surface area contributed by atoms with E-state index in [0.717, 1.165) is 45.2 Å². The third kappa shape index (κ3) is 3.68. The quantitative estimate of drug-likeness (QED) is 0.757. The highest BCUT2D eigenvalue weighted by Gasteiger charge is 2.56. The van der Waals surface area contributed by atoms with Crippen molar-refractivity contribution in [3.8, 4) is 0 Å². The normalized spacial score (nSPS) is 27.6. The van der Waals surface area contributed by atoms with Crippen LogP contribution in [0, 0.1) is 16.7 Å². The molecule has 1 aromatic carbocycles. The Kier molecular flexibility index (Phi) is 5.67. The van der Waals surface area contributed by atoms with Gasteiger partial charge < -0.3 is 20.3 Å². The maximum absolute atomic E-state index is 13.4. The van der Waals surface area contributed by atoms with Gasteiger partial charge in [-0.2, -0.15) is 0 Å². The lowest BCUT2D eigenvalue weighted by Crippen LogP contribution is -2.51. The van der Waals surface area contributed by atoms with E-state index < -0.39 is 0 Å². The first-order valence-corrected chi connectivity index (χ1v) is 10.8. The van der Waals surface area contributed by atoms with Crippen LogP contribution in [0.15, 0.2) is 30.3 Å². The molecule has 2 N–H and O–H groups in total. The number of likely N-dealkylation sites (tertiary alicyclic amines) is 2. The lowest BCUT2D eigenvalue weighted by atomic mass is 9.68. The number of nitrogens with zero attached hydrogens (tertiary/aromatic N) is 2. The summed E-state index contributed by atoms with van der Waals surface area (Å²) in [6.45, 7) is 3.48. The van der Waals surface area contributed by atoms with Gasteiger partial charge in [-0.25, -0.2) is 0 Å². The van der Waals surface area contributed by atoms with E-state index in [-0.39, 0.29) is 29.2 Å². The summed E-state index contributed by atoms with van der Waals surface area (Å²) in [5, 5.41) is 0. The van der Waals surface area contributed by atoms with E-state index in [1.54, 1.807) is 7.11 Å². The minimum absolute atomic E-state index is 0.0196. The zero-order valence-corrected chi connectivity index (χ0v) is 17.4. The highest BCUT2D eigenvalue weighted by molar-refractivity contribution is 5.84. The fraction of sp³-hybridized carbons (Fsp3) is 0.652. The van der Waals surface area contributed by atoms with Crippen molar-refractivity contribution in [2.75, 3.05) is 46.4 Å². The van der Waals surface area contributed by atoms with Crippen molar-refractivity contribution in [2.24, 2.45) is 22.5 Å². The first-order chi connectivity index (χ1) is 14.0. The monoisotopic (exact) mass is 399 g/mol. The van der Waals surface area contributed by atoms with Gasteiger partial charge in [0.25, 0.3) is 0 Å². The first-order valence-electron chi connectivity index (χ1n) is 10.8. The van der Waals surface area contributed by atoms with Crippen LogP contribution in [0.5, 0.6) is 0 Å². The van der Waals surface area contributed by atoms with E-state index in [2.05, 4.69) is 29.2 Å². The molecule has 6 nitrogen and oxygen atoms in total. The smallest absolute Gasteiger partial charge is 0.236 e. The largest absolute Gasteiger partial charge is 0.384 e. The molecule has 1 aromatic rings. The van der Waals surface area contributed by atoms with E-state index in [1.807, 2.05) is 11.0 Å². The number of rotatable bonds is 7. The Morgan fingerprint density at radius 1 is 1.14 bits per heavy atom. The lowest BCUT2D eigenvalue weighted by molar-refractivity contribution is -0.151. The Hall–Kier alpha value is -1.92. The molecule has 1 saturated carbocycles. The summed E-state index contributed by atoms with van der Waals surface area (Å²) in [4.78, 5) is 29.7. The second-order valence-electron chi connectivity index (χ2n) is 9.28. The molecule has 0 radical (unpaired) electrons. The van der Waals surface area contributed by atoms with E-state index in [9.17, 15) is 9.59 Å². The van der Waals surface area contributed by atoms with Gasteiger partial charge >= 0.3 is 0 Å². The summed E-state index contributed by atoms with van der Waals surface area (Å²) in [7, 11) is 1.68. The number of benzene rings is 1. The molecular weight excluding hydrogens is 366 g/mol. The Morgan fingerprint density at radius 3 is 2.45 bits per heavy atom. The average molecular weight is 400 g/mol. The topological polar surface area (TPSA) is 75.9 Å². The SMILES string of the molecule is COCC1(C(=O)N2CC3CN(C(=O)CN)CC3(CCc3ccccc3)C2)CCC1. The van der Waals surface area contributed by atoms with Crippen LogP contribution in [-0.4, -0.2) is 68.1 Å². The van der Waals surface area contributed by atoms with Gasteiger partial charge in [0.1, 0.15) is 0 Å². The molecule has 2 amide bonds. The molecule has 158 valence electrons. The van der Waals surface area contributed by atoms with Gasteiger partial charge in [0, 0.05) is 44.6 Å². The Labute approximate surface area is 173 Å². The number of amides is 2. The number of carbonyl (C=O) groups is 2. The molecule has 3 fully saturated rings. The predicted octanol–water partition coefficient (Wildman–Crippen LogP) is 1.68. The van der Waals surface area contributed by atoms with Crippen molar-refractivity contribution in [1.29, 1.82) is 0 Å². The molecule has 4 rings (SSSR count). The molecule has 0 spiro atoms. The molecule has 2 saturated heterocycles. The minimum atomic E-state index is -0.319. The van der Waals surface area contributed by atoms with Gasteiger partial charge in [-0.15, -0.1) is 0 Å². The molecule has 2 atom stereocenters. The lowest BCUT2D eigenvalue weighted by Gasteiger charge is -2.42. The molecule has 1 aliphatic carbocycles. The standard InChI is InChI=1S/C23H33N3O3/c1-29-17-22(9-5-10-22)21(28)26-14-19-13-25(20(27)12-24)15-23(19,16-26)11-8-18-6-3-2-4-7-18/h2-4,6-7,19H,5,8-17,24H2,1H3. The molecule has 2 heterocycles. The number of ether oxygens (including phenoxy) is 1. The Bertz CT molecular complexity index is 749. The minimum Gasteiger partial charge on any atom is -0.384 e. The fourth-order valence-electron chi connectivity index (χ4n) is 5.68. The molecule has 2 unspecified atom stereocenters. The summed E-state index contributed by atoms with van der Waals surface area (Å²) < 4.78 is 5.40. The van der Waals surface area contributed by atoms with Crippen LogP contribution in [0.1, 0.15) is 31.2 Å². The average Bonchev–Trinajstić information content (AvgIpc) is 3.23. The zero-order valence-electron chi connectivity index (χ0n) is 17.4. The highest BCUT2D eigenvalue weighted by Crippen LogP contribution is 2.49. The van der Waals surface area contributed by atoms with Crippen molar-refractivity contribution in [2.45, 2.75) is 32.1 Å². The maximum atomic E-state index is 13.4. The van der Waals surface area contributed by atoms with Crippen LogP contribution in [0.3, 0.4) is 0 Å². The predicted molar refractivity (Wildman–Crippen MR) is 111 cm³/mol. The number of nitrogens with two attached hydrogens (primary N) is 1. The Balaban J connectivity index is 1.51.